The molecule has 0 fully saturated rings. The number of hydrogen-bond acceptors (Lipinski definition) is 3. The third-order valence-corrected chi connectivity index (χ3v) is 4.57. The predicted octanol–water partition coefficient (Wildman–Crippen LogP) is 4.29. The van der Waals surface area contributed by atoms with E-state index in [9.17, 15) is 22.8 Å². The van der Waals surface area contributed by atoms with Gasteiger partial charge < -0.3 is 4.90 Å². The minimum Gasteiger partial charge on any atom is -0.331 e. The second-order valence-corrected chi connectivity index (χ2v) is 6.52. The number of aromatic nitrogens is 2. The smallest absolute Gasteiger partial charge is 0.331 e. The van der Waals surface area contributed by atoms with Crippen LogP contribution in [0.5, 0.6) is 0 Å². The van der Waals surface area contributed by atoms with Crippen LogP contribution in [0.3, 0.4) is 0 Å². The molecule has 2 rings (SSSR count). The van der Waals surface area contributed by atoms with Crippen LogP contribution in [0.1, 0.15) is 61.3 Å². The van der Waals surface area contributed by atoms with Crippen LogP contribution >= 0.6 is 0 Å². The first-order chi connectivity index (χ1) is 13.2. The van der Waals surface area contributed by atoms with Gasteiger partial charge in [0.2, 0.25) is 0 Å². The van der Waals surface area contributed by atoms with Crippen molar-refractivity contribution in [2.45, 2.75) is 52.4 Å². The van der Waals surface area contributed by atoms with Crippen LogP contribution in [0.25, 0.3) is 0 Å². The Morgan fingerprint density at radius 1 is 1.21 bits per heavy atom. The molecule has 1 heterocycles. The first-order valence-corrected chi connectivity index (χ1v) is 9.25. The maximum atomic E-state index is 13.0. The molecule has 0 aliphatic rings. The van der Waals surface area contributed by atoms with Gasteiger partial charge in [-0.3, -0.25) is 9.59 Å². The Kier molecular flexibility index (Phi) is 6.99. The van der Waals surface area contributed by atoms with Crippen molar-refractivity contribution in [1.82, 2.24) is 14.7 Å². The van der Waals surface area contributed by atoms with Crippen LogP contribution in [-0.4, -0.2) is 27.1 Å². The number of hydrogen-bond donors (Lipinski definition) is 0. The van der Waals surface area contributed by atoms with Gasteiger partial charge in [-0.25, -0.2) is 4.68 Å². The number of rotatable bonds is 7. The minimum atomic E-state index is -4.45. The number of benzene rings is 1. The number of alkyl halides is 3. The lowest BCUT2D eigenvalue weighted by molar-refractivity contribution is -0.137. The van der Waals surface area contributed by atoms with E-state index in [0.29, 0.717) is 12.1 Å². The molecular weight excluding hydrogens is 371 g/mol. The normalized spacial score (nSPS) is 12.6. The zero-order chi connectivity index (χ0) is 20.9. The van der Waals surface area contributed by atoms with E-state index in [2.05, 4.69) is 5.10 Å². The van der Waals surface area contributed by atoms with Gasteiger partial charge in [-0.1, -0.05) is 25.5 Å². The average Bonchev–Trinajstić information content (AvgIpc) is 2.67. The molecule has 8 heteroatoms. The summed E-state index contributed by atoms with van der Waals surface area (Å²) >= 11 is 0. The van der Waals surface area contributed by atoms with E-state index in [1.54, 1.807) is 19.9 Å². The zero-order valence-corrected chi connectivity index (χ0v) is 16.2. The van der Waals surface area contributed by atoms with Crippen LogP contribution in [0, 0.1) is 0 Å². The molecule has 0 aliphatic carbocycles. The van der Waals surface area contributed by atoms with Gasteiger partial charge in [-0.05, 0) is 44.0 Å². The molecule has 0 aliphatic heterocycles. The summed E-state index contributed by atoms with van der Waals surface area (Å²) < 4.78 is 40.2. The summed E-state index contributed by atoms with van der Waals surface area (Å²) in [6.45, 7) is 6.09. The third-order valence-electron chi connectivity index (χ3n) is 4.57. The van der Waals surface area contributed by atoms with Crippen molar-refractivity contribution in [2.75, 3.05) is 6.54 Å². The van der Waals surface area contributed by atoms with Crippen molar-refractivity contribution in [3.63, 3.8) is 0 Å². The van der Waals surface area contributed by atoms with E-state index >= 15 is 0 Å². The summed E-state index contributed by atoms with van der Waals surface area (Å²) in [4.78, 5) is 26.3. The number of aryl methyl sites for hydroxylation is 1. The molecular formula is C20H24F3N3O2. The molecule has 1 unspecified atom stereocenters. The van der Waals surface area contributed by atoms with Crippen molar-refractivity contribution in [2.24, 2.45) is 0 Å². The van der Waals surface area contributed by atoms with E-state index in [-0.39, 0.29) is 17.8 Å². The van der Waals surface area contributed by atoms with Gasteiger partial charge in [0, 0.05) is 19.2 Å². The quantitative estimate of drug-likeness (QED) is 0.703. The molecule has 1 amide bonds. The maximum absolute atomic E-state index is 13.0. The van der Waals surface area contributed by atoms with E-state index < -0.39 is 23.7 Å². The Hall–Kier alpha value is -2.64. The fourth-order valence-corrected chi connectivity index (χ4v) is 2.93. The van der Waals surface area contributed by atoms with Crippen molar-refractivity contribution >= 4 is 5.91 Å². The summed E-state index contributed by atoms with van der Waals surface area (Å²) in [7, 11) is 0. The highest BCUT2D eigenvalue weighted by Gasteiger charge is 2.31. The highest BCUT2D eigenvalue weighted by Crippen LogP contribution is 2.32. The Balaban J connectivity index is 2.32. The fraction of sp³-hybridized carbons (Fsp3) is 0.450. The highest BCUT2D eigenvalue weighted by atomic mass is 19.4. The number of nitrogens with zero attached hydrogens (tertiary/aromatic N) is 3. The summed E-state index contributed by atoms with van der Waals surface area (Å²) in [5, 5.41) is 4.14. The second-order valence-electron chi connectivity index (χ2n) is 6.52. The summed E-state index contributed by atoms with van der Waals surface area (Å²) in [5.74, 6) is -0.433. The van der Waals surface area contributed by atoms with Crippen molar-refractivity contribution < 1.29 is 18.0 Å². The number of halogens is 3. The van der Waals surface area contributed by atoms with E-state index in [4.69, 9.17) is 0 Å². The van der Waals surface area contributed by atoms with Crippen LogP contribution in [0.2, 0.25) is 0 Å². The van der Waals surface area contributed by atoms with Crippen molar-refractivity contribution in [3.8, 4) is 0 Å². The molecule has 0 saturated carbocycles. The van der Waals surface area contributed by atoms with E-state index in [1.807, 2.05) is 6.92 Å². The lowest BCUT2D eigenvalue weighted by atomic mass is 10.0. The van der Waals surface area contributed by atoms with Crippen LogP contribution in [-0.2, 0) is 12.7 Å². The van der Waals surface area contributed by atoms with E-state index in [1.165, 1.54) is 27.8 Å². The first-order valence-electron chi connectivity index (χ1n) is 9.25. The monoisotopic (exact) mass is 395 g/mol. The molecule has 1 aromatic carbocycles. The van der Waals surface area contributed by atoms with Gasteiger partial charge in [0.05, 0.1) is 11.6 Å². The van der Waals surface area contributed by atoms with Crippen molar-refractivity contribution in [3.05, 3.63) is 63.6 Å². The molecule has 28 heavy (non-hydrogen) atoms. The van der Waals surface area contributed by atoms with Crippen molar-refractivity contribution in [1.29, 1.82) is 0 Å². The molecule has 1 atom stereocenters. The molecule has 152 valence electrons. The van der Waals surface area contributed by atoms with Gasteiger partial charge in [0.15, 0.2) is 0 Å². The Labute approximate surface area is 161 Å². The maximum Gasteiger partial charge on any atom is 0.416 e. The van der Waals surface area contributed by atoms with Gasteiger partial charge in [0.25, 0.3) is 11.5 Å². The number of amides is 1. The van der Waals surface area contributed by atoms with Gasteiger partial charge in [0.1, 0.15) is 5.69 Å². The molecule has 0 spiro atoms. The third kappa shape index (κ3) is 4.99. The molecule has 1 aromatic heterocycles. The standard InChI is InChI=1S/C20H24F3N3O2/c1-4-6-12-26-18(27)11-10-17(24-26)19(28)25(5-2)14(3)15-8-7-9-16(13-15)20(21,22)23/h7-11,13-14H,4-6,12H2,1-3H3. The molecule has 0 N–H and O–H groups in total. The van der Waals surface area contributed by atoms with Gasteiger partial charge >= 0.3 is 6.18 Å². The fourth-order valence-electron chi connectivity index (χ4n) is 2.93. The lowest BCUT2D eigenvalue weighted by Crippen LogP contribution is -2.36. The topological polar surface area (TPSA) is 55.2 Å². The first kappa shape index (κ1) is 21.7. The summed E-state index contributed by atoms with van der Waals surface area (Å²) in [5.41, 5.74) is -0.578. The van der Waals surface area contributed by atoms with Crippen LogP contribution in [0.4, 0.5) is 13.2 Å². The number of unbranched alkanes of at least 4 members (excludes halogenated alkanes) is 1. The molecule has 0 saturated heterocycles. The minimum absolute atomic E-state index is 0.0939. The Morgan fingerprint density at radius 3 is 2.54 bits per heavy atom. The molecule has 0 radical (unpaired) electrons. The van der Waals surface area contributed by atoms with Gasteiger partial charge in [-0.15, -0.1) is 0 Å². The summed E-state index contributed by atoms with van der Waals surface area (Å²) in [6, 6.07) is 7.00. The number of carbonyl (C=O) groups excluding carboxylic acids is 1. The number of carbonyl (C=O) groups is 1. The Morgan fingerprint density at radius 2 is 1.93 bits per heavy atom. The predicted molar refractivity (Wildman–Crippen MR) is 100.0 cm³/mol. The van der Waals surface area contributed by atoms with Gasteiger partial charge in [-0.2, -0.15) is 18.3 Å². The van der Waals surface area contributed by atoms with Crippen LogP contribution in [0.15, 0.2) is 41.2 Å². The molecule has 0 bridgehead atoms. The molecule has 2 aromatic rings. The van der Waals surface area contributed by atoms with E-state index in [0.717, 1.165) is 25.0 Å². The summed E-state index contributed by atoms with van der Waals surface area (Å²) in [6.07, 6.45) is -2.82. The average molecular weight is 395 g/mol. The SMILES string of the molecule is CCCCn1nc(C(=O)N(CC)C(C)c2cccc(C(F)(F)F)c2)ccc1=O. The highest BCUT2D eigenvalue weighted by molar-refractivity contribution is 5.92. The second kappa shape index (κ2) is 9.03. The largest absolute Gasteiger partial charge is 0.416 e. The van der Waals surface area contributed by atoms with Crippen LogP contribution < -0.4 is 5.56 Å². The zero-order valence-electron chi connectivity index (χ0n) is 16.2. The molecule has 5 nitrogen and oxygen atoms in total. The Bertz CT molecular complexity index is 877. The lowest BCUT2D eigenvalue weighted by Gasteiger charge is -2.28.